The van der Waals surface area contributed by atoms with Gasteiger partial charge in [0.25, 0.3) is 0 Å². The molecule has 0 heterocycles. The molecule has 212 valence electrons. The topological polar surface area (TPSA) is 3.24 Å². The first-order valence-electron chi connectivity index (χ1n) is 15.4. The first kappa shape index (κ1) is 26.7. The fourth-order valence-electron chi connectivity index (χ4n) is 6.47. The zero-order chi connectivity index (χ0) is 30.0. The summed E-state index contributed by atoms with van der Waals surface area (Å²) in [6, 6.07) is 67.7. The molecule has 45 heavy (non-hydrogen) atoms. The van der Waals surface area contributed by atoms with Crippen LogP contribution in [0.2, 0.25) is 0 Å². The molecular weight excluding hydrogens is 542 g/mol. The molecule has 0 aliphatic rings. The van der Waals surface area contributed by atoms with E-state index >= 15 is 0 Å². The maximum Gasteiger partial charge on any atom is 0.0546 e. The minimum atomic E-state index is 1.11. The van der Waals surface area contributed by atoms with Gasteiger partial charge in [-0.3, -0.25) is 0 Å². The fourth-order valence-corrected chi connectivity index (χ4v) is 6.47. The Kier molecular flexibility index (Phi) is 6.90. The molecular formula is C44H31N. The molecule has 0 amide bonds. The number of anilines is 3. The lowest BCUT2D eigenvalue weighted by Crippen LogP contribution is -2.12. The first-order chi connectivity index (χ1) is 22.3. The zero-order valence-corrected chi connectivity index (χ0v) is 24.8. The third-order valence-corrected chi connectivity index (χ3v) is 8.65. The summed E-state index contributed by atoms with van der Waals surface area (Å²) in [4.78, 5) is 2.44. The Morgan fingerprint density at radius 3 is 1.64 bits per heavy atom. The van der Waals surface area contributed by atoms with Gasteiger partial charge in [-0.1, -0.05) is 158 Å². The van der Waals surface area contributed by atoms with Crippen LogP contribution in [0, 0.1) is 0 Å². The summed E-state index contributed by atoms with van der Waals surface area (Å²) in [7, 11) is 0. The quantitative estimate of drug-likeness (QED) is 0.191. The molecule has 0 aliphatic heterocycles. The number of para-hydroxylation sites is 1. The van der Waals surface area contributed by atoms with Gasteiger partial charge in [0.1, 0.15) is 0 Å². The average Bonchev–Trinajstić information content (AvgIpc) is 3.12. The van der Waals surface area contributed by atoms with Gasteiger partial charge >= 0.3 is 0 Å². The summed E-state index contributed by atoms with van der Waals surface area (Å²) in [6.07, 6.45) is 0. The van der Waals surface area contributed by atoms with Crippen molar-refractivity contribution < 1.29 is 0 Å². The van der Waals surface area contributed by atoms with E-state index in [9.17, 15) is 0 Å². The van der Waals surface area contributed by atoms with Crippen LogP contribution in [0.15, 0.2) is 188 Å². The predicted molar refractivity (Wildman–Crippen MR) is 192 cm³/mol. The molecule has 8 aromatic rings. The number of hydrogen-bond acceptors (Lipinski definition) is 1. The van der Waals surface area contributed by atoms with Gasteiger partial charge in [0.05, 0.1) is 11.4 Å². The molecule has 0 radical (unpaired) electrons. The SMILES string of the molecule is c1ccc(-c2ccc(N(c3ccccc3-c3ccccc3)c3ccc4ccccc4c3-c3ccc4ccccc4c3)cc2)cc1. The van der Waals surface area contributed by atoms with Gasteiger partial charge in [-0.15, -0.1) is 0 Å². The van der Waals surface area contributed by atoms with Crippen molar-refractivity contribution in [3.63, 3.8) is 0 Å². The monoisotopic (exact) mass is 573 g/mol. The van der Waals surface area contributed by atoms with Crippen molar-refractivity contribution in [2.45, 2.75) is 0 Å². The highest BCUT2D eigenvalue weighted by Gasteiger charge is 2.22. The minimum absolute atomic E-state index is 1.11. The lowest BCUT2D eigenvalue weighted by molar-refractivity contribution is 1.29. The van der Waals surface area contributed by atoms with E-state index < -0.39 is 0 Å². The van der Waals surface area contributed by atoms with Crippen LogP contribution < -0.4 is 4.90 Å². The summed E-state index contributed by atoms with van der Waals surface area (Å²) < 4.78 is 0. The van der Waals surface area contributed by atoms with Crippen LogP contribution in [0.5, 0.6) is 0 Å². The smallest absolute Gasteiger partial charge is 0.0546 e. The van der Waals surface area contributed by atoms with Crippen molar-refractivity contribution in [3.8, 4) is 33.4 Å². The van der Waals surface area contributed by atoms with Gasteiger partial charge in [0.2, 0.25) is 0 Å². The van der Waals surface area contributed by atoms with Crippen LogP contribution in [0.1, 0.15) is 0 Å². The van der Waals surface area contributed by atoms with Crippen LogP contribution >= 0.6 is 0 Å². The summed E-state index contributed by atoms with van der Waals surface area (Å²) in [5.41, 5.74) is 10.6. The Bertz CT molecular complexity index is 2250. The van der Waals surface area contributed by atoms with E-state index in [1.807, 2.05) is 0 Å². The Labute approximate surface area is 264 Å². The molecule has 0 saturated carbocycles. The first-order valence-corrected chi connectivity index (χ1v) is 15.4. The van der Waals surface area contributed by atoms with E-state index in [-0.39, 0.29) is 0 Å². The molecule has 1 nitrogen and oxygen atoms in total. The second-order valence-corrected chi connectivity index (χ2v) is 11.4. The molecule has 1 heteroatoms. The number of fused-ring (bicyclic) bond motifs is 2. The normalized spacial score (nSPS) is 11.1. The van der Waals surface area contributed by atoms with Gasteiger partial charge < -0.3 is 4.90 Å². The Balaban J connectivity index is 1.41. The molecule has 0 atom stereocenters. The van der Waals surface area contributed by atoms with Gasteiger partial charge in [0, 0.05) is 16.8 Å². The molecule has 0 saturated heterocycles. The Hall–Kier alpha value is -5.92. The van der Waals surface area contributed by atoms with Crippen molar-refractivity contribution in [2.24, 2.45) is 0 Å². The highest BCUT2D eigenvalue weighted by molar-refractivity contribution is 6.07. The molecule has 0 fully saturated rings. The third-order valence-electron chi connectivity index (χ3n) is 8.65. The number of hydrogen-bond donors (Lipinski definition) is 0. The zero-order valence-electron chi connectivity index (χ0n) is 24.8. The molecule has 8 aromatic carbocycles. The molecule has 0 spiro atoms. The number of nitrogens with zero attached hydrogens (tertiary/aromatic N) is 1. The van der Waals surface area contributed by atoms with E-state index in [1.54, 1.807) is 0 Å². The summed E-state index contributed by atoms with van der Waals surface area (Å²) in [5, 5.41) is 4.93. The highest BCUT2D eigenvalue weighted by Crippen LogP contribution is 2.47. The Morgan fingerprint density at radius 1 is 0.311 bits per heavy atom. The fraction of sp³-hybridized carbons (Fsp3) is 0. The summed E-state index contributed by atoms with van der Waals surface area (Å²) in [6.45, 7) is 0. The predicted octanol–water partition coefficient (Wildman–Crippen LogP) is 12.5. The molecule has 0 unspecified atom stereocenters. The molecule has 8 rings (SSSR count). The number of rotatable bonds is 6. The lowest BCUT2D eigenvalue weighted by Gasteiger charge is -2.31. The van der Waals surface area contributed by atoms with E-state index in [0.717, 1.165) is 17.1 Å². The summed E-state index contributed by atoms with van der Waals surface area (Å²) >= 11 is 0. The average molecular weight is 574 g/mol. The van der Waals surface area contributed by atoms with Crippen LogP contribution in [-0.2, 0) is 0 Å². The van der Waals surface area contributed by atoms with Gasteiger partial charge in [-0.05, 0) is 74.1 Å². The minimum Gasteiger partial charge on any atom is -0.309 e. The van der Waals surface area contributed by atoms with Crippen molar-refractivity contribution in [2.75, 3.05) is 4.90 Å². The van der Waals surface area contributed by atoms with Gasteiger partial charge in [0.15, 0.2) is 0 Å². The number of benzene rings is 8. The Morgan fingerprint density at radius 2 is 0.867 bits per heavy atom. The summed E-state index contributed by atoms with van der Waals surface area (Å²) in [5.74, 6) is 0. The maximum atomic E-state index is 2.44. The molecule has 0 aliphatic carbocycles. The molecule has 0 bridgehead atoms. The van der Waals surface area contributed by atoms with Crippen LogP contribution in [-0.4, -0.2) is 0 Å². The molecule has 0 aromatic heterocycles. The second-order valence-electron chi connectivity index (χ2n) is 11.4. The third kappa shape index (κ3) is 5.05. The largest absolute Gasteiger partial charge is 0.309 e. The lowest BCUT2D eigenvalue weighted by atomic mass is 9.93. The standard InChI is InChI=1S/C44H31N/c1-3-13-32(14-4-1)34-25-28-39(29-26-34)45(42-22-12-11-20-40(42)35-16-5-2-6-17-35)43-30-27-36-18-9-10-21-41(36)44(43)38-24-23-33-15-7-8-19-37(33)31-38/h1-31H. The maximum absolute atomic E-state index is 2.44. The molecule has 0 N–H and O–H groups in total. The van der Waals surface area contributed by atoms with Gasteiger partial charge in [-0.25, -0.2) is 0 Å². The van der Waals surface area contributed by atoms with Crippen molar-refractivity contribution in [1.82, 2.24) is 0 Å². The highest BCUT2D eigenvalue weighted by atomic mass is 15.1. The van der Waals surface area contributed by atoms with Crippen LogP contribution in [0.4, 0.5) is 17.1 Å². The van der Waals surface area contributed by atoms with Crippen molar-refractivity contribution in [1.29, 1.82) is 0 Å². The van der Waals surface area contributed by atoms with Crippen molar-refractivity contribution >= 4 is 38.6 Å². The second kappa shape index (κ2) is 11.6. The van der Waals surface area contributed by atoms with Crippen LogP contribution in [0.25, 0.3) is 54.9 Å². The van der Waals surface area contributed by atoms with Crippen molar-refractivity contribution in [3.05, 3.63) is 188 Å². The van der Waals surface area contributed by atoms with E-state index in [0.29, 0.717) is 0 Å². The van der Waals surface area contributed by atoms with Gasteiger partial charge in [-0.2, -0.15) is 0 Å². The van der Waals surface area contributed by atoms with E-state index in [2.05, 4.69) is 193 Å². The van der Waals surface area contributed by atoms with E-state index in [1.165, 1.54) is 54.9 Å². The van der Waals surface area contributed by atoms with E-state index in [4.69, 9.17) is 0 Å². The van der Waals surface area contributed by atoms with Crippen LogP contribution in [0.3, 0.4) is 0 Å².